The molecule has 9 nitrogen and oxygen atoms in total. The zero-order chi connectivity index (χ0) is 22.7. The molecule has 0 saturated carbocycles. The van der Waals surface area contributed by atoms with Crippen molar-refractivity contribution in [2.45, 2.75) is 32.9 Å². The fourth-order valence-electron chi connectivity index (χ4n) is 2.49. The summed E-state index contributed by atoms with van der Waals surface area (Å²) in [5.74, 6) is -0.298. The molecule has 2 amide bonds. The molecule has 0 fully saturated rings. The van der Waals surface area contributed by atoms with Gasteiger partial charge in [-0.3, -0.25) is 14.6 Å². The quantitative estimate of drug-likeness (QED) is 0.217. The van der Waals surface area contributed by atoms with Crippen LogP contribution < -0.4 is 0 Å². The second-order valence-corrected chi connectivity index (χ2v) is 7.30. The first-order valence-electron chi connectivity index (χ1n) is 9.47. The van der Waals surface area contributed by atoms with E-state index in [4.69, 9.17) is 21.4 Å². The maximum absolute atomic E-state index is 13.3. The van der Waals surface area contributed by atoms with Crippen molar-refractivity contribution < 1.29 is 19.4 Å². The Balaban J connectivity index is 3.46. The highest BCUT2D eigenvalue weighted by Gasteiger charge is 2.28. The summed E-state index contributed by atoms with van der Waals surface area (Å²) in [6.45, 7) is 7.83. The Kier molecular flexibility index (Phi) is 11.0. The van der Waals surface area contributed by atoms with E-state index in [-0.39, 0.29) is 43.4 Å². The highest BCUT2D eigenvalue weighted by atomic mass is 35.5. The number of carbonyl (C=O) groups excluding carboxylic acids is 2. The molecule has 0 unspecified atom stereocenters. The third-order valence-corrected chi connectivity index (χ3v) is 4.30. The maximum atomic E-state index is 13.3. The number of aromatic nitrogens is 1. The summed E-state index contributed by atoms with van der Waals surface area (Å²) in [5, 5.41) is 9.60. The predicted molar refractivity (Wildman–Crippen MR) is 116 cm³/mol. The van der Waals surface area contributed by atoms with Crippen LogP contribution in [0.15, 0.2) is 34.8 Å². The number of nitrogens with zero attached hydrogens (tertiary/aromatic N) is 5. The van der Waals surface area contributed by atoms with E-state index in [9.17, 15) is 9.59 Å². The van der Waals surface area contributed by atoms with Gasteiger partial charge in [0.1, 0.15) is 12.4 Å². The third kappa shape index (κ3) is 7.74. The SMILES string of the molecule is C=N/C(=C(/C(=O)N(C)CCCO)N(COC(C)C)Cc1ccc(Cl)cn1)N(C)C=O. The standard InChI is InChI=1S/C20H30ClN5O4/c1-15(2)30-14-26(12-17-8-7-16(21)11-23-17)18(19(22-3)25(5)13-28)20(29)24(4)9-6-10-27/h7-8,11,13,15,27H,3,6,9-10,12,14H2,1-2,4-5H3/b19-18+. The number of ether oxygens (including phenoxy) is 1. The molecule has 30 heavy (non-hydrogen) atoms. The number of amides is 2. The summed E-state index contributed by atoms with van der Waals surface area (Å²) < 4.78 is 5.76. The number of likely N-dealkylation sites (N-methyl/N-ethyl adjacent to an activating group) is 1. The zero-order valence-electron chi connectivity index (χ0n) is 17.9. The van der Waals surface area contributed by atoms with E-state index in [1.165, 1.54) is 23.0 Å². The molecule has 1 aromatic rings. The second kappa shape index (κ2) is 12.9. The minimum absolute atomic E-state index is 0.0493. The summed E-state index contributed by atoms with van der Waals surface area (Å²) >= 11 is 5.93. The van der Waals surface area contributed by atoms with Crippen molar-refractivity contribution in [2.75, 3.05) is 34.0 Å². The second-order valence-electron chi connectivity index (χ2n) is 6.86. The van der Waals surface area contributed by atoms with Crippen LogP contribution >= 0.6 is 11.6 Å². The molecular weight excluding hydrogens is 410 g/mol. The number of carbonyl (C=O) groups is 2. The van der Waals surface area contributed by atoms with Crippen molar-refractivity contribution in [3.8, 4) is 0 Å². The van der Waals surface area contributed by atoms with Crippen LogP contribution in [0.25, 0.3) is 0 Å². The lowest BCUT2D eigenvalue weighted by Crippen LogP contribution is -2.40. The number of halogens is 1. The van der Waals surface area contributed by atoms with Gasteiger partial charge in [0, 0.05) is 33.4 Å². The Morgan fingerprint density at radius 3 is 2.60 bits per heavy atom. The fourth-order valence-corrected chi connectivity index (χ4v) is 2.60. The van der Waals surface area contributed by atoms with Crippen molar-refractivity contribution in [3.05, 3.63) is 40.6 Å². The van der Waals surface area contributed by atoms with Gasteiger partial charge in [-0.2, -0.15) is 0 Å². The van der Waals surface area contributed by atoms with Crippen LogP contribution in [0.4, 0.5) is 0 Å². The fraction of sp³-hybridized carbons (Fsp3) is 0.500. The zero-order valence-corrected chi connectivity index (χ0v) is 18.7. The highest BCUT2D eigenvalue weighted by Crippen LogP contribution is 2.20. The normalized spacial score (nSPS) is 11.7. The molecule has 0 spiro atoms. The molecule has 1 rings (SSSR count). The molecule has 1 N–H and O–H groups in total. The molecule has 0 aliphatic carbocycles. The summed E-state index contributed by atoms with van der Waals surface area (Å²) in [5.41, 5.74) is 0.782. The Morgan fingerprint density at radius 1 is 1.40 bits per heavy atom. The molecule has 166 valence electrons. The molecular formula is C20H30ClN5O4. The van der Waals surface area contributed by atoms with Gasteiger partial charge < -0.3 is 24.5 Å². The van der Waals surface area contributed by atoms with E-state index >= 15 is 0 Å². The van der Waals surface area contributed by atoms with Gasteiger partial charge in [-0.05, 0) is 39.1 Å². The van der Waals surface area contributed by atoms with Crippen LogP contribution in [-0.2, 0) is 20.9 Å². The van der Waals surface area contributed by atoms with Gasteiger partial charge in [0.15, 0.2) is 5.82 Å². The van der Waals surface area contributed by atoms with Crippen molar-refractivity contribution in [1.29, 1.82) is 0 Å². The van der Waals surface area contributed by atoms with E-state index < -0.39 is 0 Å². The largest absolute Gasteiger partial charge is 0.396 e. The van der Waals surface area contributed by atoms with E-state index in [0.717, 1.165) is 0 Å². The molecule has 0 atom stereocenters. The lowest BCUT2D eigenvalue weighted by Gasteiger charge is -2.31. The van der Waals surface area contributed by atoms with Gasteiger partial charge >= 0.3 is 0 Å². The van der Waals surface area contributed by atoms with Crippen LogP contribution in [0.3, 0.4) is 0 Å². The van der Waals surface area contributed by atoms with Crippen LogP contribution in [0.2, 0.25) is 5.02 Å². The Bertz CT molecular complexity index is 739. The van der Waals surface area contributed by atoms with Crippen LogP contribution in [0.5, 0.6) is 0 Å². The third-order valence-electron chi connectivity index (χ3n) is 4.08. The summed E-state index contributed by atoms with van der Waals surface area (Å²) in [6, 6.07) is 3.45. The number of hydrogen-bond acceptors (Lipinski definition) is 7. The number of pyridine rings is 1. The van der Waals surface area contributed by atoms with Gasteiger partial charge in [-0.25, -0.2) is 4.99 Å². The van der Waals surface area contributed by atoms with Crippen LogP contribution in [0, 0.1) is 0 Å². The van der Waals surface area contributed by atoms with Gasteiger partial charge in [-0.15, -0.1) is 0 Å². The molecule has 10 heteroatoms. The van der Waals surface area contributed by atoms with E-state index in [1.54, 1.807) is 24.1 Å². The molecule has 0 aliphatic rings. The Labute approximate surface area is 182 Å². The van der Waals surface area contributed by atoms with Gasteiger partial charge in [-0.1, -0.05) is 11.6 Å². The monoisotopic (exact) mass is 439 g/mol. The molecule has 1 aromatic heterocycles. The Hall–Kier alpha value is -2.49. The maximum Gasteiger partial charge on any atom is 0.273 e. The van der Waals surface area contributed by atoms with Crippen LogP contribution in [-0.4, -0.2) is 83.9 Å². The number of rotatable bonds is 13. The minimum atomic E-state index is -0.388. The Morgan fingerprint density at radius 2 is 2.10 bits per heavy atom. The van der Waals surface area contributed by atoms with Crippen molar-refractivity contribution in [3.63, 3.8) is 0 Å². The smallest absolute Gasteiger partial charge is 0.273 e. The number of aliphatic hydroxyl groups excluding tert-OH is 1. The minimum Gasteiger partial charge on any atom is -0.396 e. The first-order valence-corrected chi connectivity index (χ1v) is 9.85. The topological polar surface area (TPSA) is 98.6 Å². The van der Waals surface area contributed by atoms with Gasteiger partial charge in [0.05, 0.1) is 23.4 Å². The molecule has 1 heterocycles. The van der Waals surface area contributed by atoms with E-state index in [1.807, 2.05) is 13.8 Å². The summed E-state index contributed by atoms with van der Waals surface area (Å²) in [4.78, 5) is 37.3. The average molecular weight is 440 g/mol. The highest BCUT2D eigenvalue weighted by molar-refractivity contribution is 6.30. The lowest BCUT2D eigenvalue weighted by molar-refractivity contribution is -0.129. The van der Waals surface area contributed by atoms with Crippen molar-refractivity contribution in [2.24, 2.45) is 4.99 Å². The summed E-state index contributed by atoms with van der Waals surface area (Å²) in [7, 11) is 3.10. The molecule has 0 aromatic carbocycles. The molecule has 0 bridgehead atoms. The van der Waals surface area contributed by atoms with Crippen molar-refractivity contribution in [1.82, 2.24) is 19.7 Å². The number of hydrogen-bond donors (Lipinski definition) is 1. The molecule has 0 radical (unpaired) electrons. The molecule has 0 aliphatic heterocycles. The predicted octanol–water partition coefficient (Wildman–Crippen LogP) is 1.72. The first-order chi connectivity index (χ1) is 14.2. The van der Waals surface area contributed by atoms with E-state index in [0.29, 0.717) is 30.1 Å². The van der Waals surface area contributed by atoms with Gasteiger partial charge in [0.2, 0.25) is 6.41 Å². The first kappa shape index (κ1) is 25.5. The summed E-state index contributed by atoms with van der Waals surface area (Å²) in [6.07, 6.45) is 2.38. The van der Waals surface area contributed by atoms with E-state index in [2.05, 4.69) is 16.7 Å². The van der Waals surface area contributed by atoms with Crippen LogP contribution in [0.1, 0.15) is 26.0 Å². The molecule has 0 saturated heterocycles. The van der Waals surface area contributed by atoms with Gasteiger partial charge in [0.25, 0.3) is 5.91 Å². The average Bonchev–Trinajstić information content (AvgIpc) is 2.73. The number of aliphatic hydroxyl groups is 1. The number of aliphatic imine (C=N–C) groups is 1. The van der Waals surface area contributed by atoms with Crippen molar-refractivity contribution >= 4 is 30.6 Å². The lowest BCUT2D eigenvalue weighted by atomic mass is 10.2.